The fraction of sp³-hybridized carbons (Fsp3) is 0.167. The van der Waals surface area contributed by atoms with Gasteiger partial charge in [0.15, 0.2) is 0 Å². The van der Waals surface area contributed by atoms with Crippen molar-refractivity contribution in [3.05, 3.63) is 46.3 Å². The molecule has 0 atom stereocenters. The first-order chi connectivity index (χ1) is 9.11. The molecule has 0 amide bonds. The van der Waals surface area contributed by atoms with Crippen LogP contribution in [0.3, 0.4) is 0 Å². The van der Waals surface area contributed by atoms with Crippen molar-refractivity contribution in [2.24, 2.45) is 0 Å². The smallest absolute Gasteiger partial charge is 0.373 e. The molecule has 0 aliphatic carbocycles. The molecule has 98 valence electrons. The zero-order chi connectivity index (χ0) is 13.8. The van der Waals surface area contributed by atoms with E-state index in [0.717, 1.165) is 5.56 Å². The molecule has 0 saturated carbocycles. The van der Waals surface area contributed by atoms with Crippen LogP contribution in [0.1, 0.15) is 5.56 Å². The van der Waals surface area contributed by atoms with Gasteiger partial charge in [-0.05, 0) is 19.1 Å². The van der Waals surface area contributed by atoms with Crippen LogP contribution in [-0.4, -0.2) is 21.9 Å². The molecule has 0 unspecified atom stereocenters. The van der Waals surface area contributed by atoms with Crippen LogP contribution < -0.4 is 10.1 Å². The van der Waals surface area contributed by atoms with Crippen LogP contribution in [-0.2, 0) is 0 Å². The van der Waals surface area contributed by atoms with E-state index in [9.17, 15) is 10.1 Å². The van der Waals surface area contributed by atoms with Crippen LogP contribution >= 0.6 is 0 Å². The van der Waals surface area contributed by atoms with Crippen molar-refractivity contribution in [2.45, 2.75) is 6.92 Å². The summed E-state index contributed by atoms with van der Waals surface area (Å²) in [6.45, 7) is 1.94. The van der Waals surface area contributed by atoms with Gasteiger partial charge in [0.2, 0.25) is 5.82 Å². The molecule has 0 fully saturated rings. The highest BCUT2D eigenvalue weighted by molar-refractivity contribution is 5.61. The van der Waals surface area contributed by atoms with Crippen LogP contribution in [0.15, 0.2) is 30.6 Å². The lowest BCUT2D eigenvalue weighted by Gasteiger charge is -2.07. The maximum Gasteiger partial charge on any atom is 0.373 e. The second-order valence-electron chi connectivity index (χ2n) is 3.80. The molecule has 0 aliphatic rings. The van der Waals surface area contributed by atoms with Gasteiger partial charge in [0.1, 0.15) is 12.1 Å². The Hall–Kier alpha value is -2.70. The number of ether oxygens (including phenoxy) is 1. The summed E-state index contributed by atoms with van der Waals surface area (Å²) >= 11 is 0. The zero-order valence-electron chi connectivity index (χ0n) is 10.5. The minimum absolute atomic E-state index is 0.0896. The Morgan fingerprint density at radius 3 is 2.53 bits per heavy atom. The Balaban J connectivity index is 2.39. The molecule has 1 N–H and O–H groups in total. The quantitative estimate of drug-likeness (QED) is 0.671. The molecule has 1 heterocycles. The van der Waals surface area contributed by atoms with Gasteiger partial charge in [-0.3, -0.25) is 10.1 Å². The summed E-state index contributed by atoms with van der Waals surface area (Å²) in [5.74, 6) is 0.504. The Kier molecular flexibility index (Phi) is 3.56. The van der Waals surface area contributed by atoms with Crippen LogP contribution in [0.5, 0.6) is 11.6 Å². The fourth-order valence-corrected chi connectivity index (χ4v) is 1.50. The Morgan fingerprint density at radius 2 is 1.95 bits per heavy atom. The van der Waals surface area contributed by atoms with Gasteiger partial charge in [0, 0.05) is 7.05 Å². The standard InChI is InChI=1S/C12H12N4O3/c1-8-3-5-9(6-4-8)19-12-10(16(17)18)11(13-2)14-7-15-12/h3-7H,1-2H3,(H,13,14,15). The zero-order valence-corrected chi connectivity index (χ0v) is 10.5. The lowest BCUT2D eigenvalue weighted by Crippen LogP contribution is -2.03. The highest BCUT2D eigenvalue weighted by Crippen LogP contribution is 2.33. The van der Waals surface area contributed by atoms with Gasteiger partial charge in [-0.1, -0.05) is 17.7 Å². The molecule has 0 aliphatic heterocycles. The van der Waals surface area contributed by atoms with Gasteiger partial charge in [0.05, 0.1) is 4.92 Å². The predicted octanol–water partition coefficient (Wildman–Crippen LogP) is 2.53. The lowest BCUT2D eigenvalue weighted by atomic mass is 10.2. The van der Waals surface area contributed by atoms with Crippen LogP contribution in [0.4, 0.5) is 11.5 Å². The van der Waals surface area contributed by atoms with Crippen LogP contribution in [0.2, 0.25) is 0 Å². The fourth-order valence-electron chi connectivity index (χ4n) is 1.50. The van der Waals surface area contributed by atoms with Gasteiger partial charge >= 0.3 is 11.6 Å². The third-order valence-corrected chi connectivity index (χ3v) is 2.44. The number of nitrogens with one attached hydrogen (secondary N) is 1. The summed E-state index contributed by atoms with van der Waals surface area (Å²) in [5, 5.41) is 13.7. The maximum absolute atomic E-state index is 11.1. The number of benzene rings is 1. The van der Waals surface area contributed by atoms with Crippen molar-refractivity contribution < 1.29 is 9.66 Å². The molecule has 0 bridgehead atoms. The number of anilines is 1. The summed E-state index contributed by atoms with van der Waals surface area (Å²) in [5.41, 5.74) is 0.783. The summed E-state index contributed by atoms with van der Waals surface area (Å²) in [4.78, 5) is 18.1. The normalized spacial score (nSPS) is 10.0. The molecular weight excluding hydrogens is 248 g/mol. The van der Waals surface area contributed by atoms with Gasteiger partial charge in [0.25, 0.3) is 0 Å². The molecule has 0 saturated heterocycles. The third kappa shape index (κ3) is 2.76. The lowest BCUT2D eigenvalue weighted by molar-refractivity contribution is -0.385. The molecule has 7 heteroatoms. The predicted molar refractivity (Wildman–Crippen MR) is 69.5 cm³/mol. The molecule has 1 aromatic carbocycles. The molecule has 7 nitrogen and oxygen atoms in total. The van der Waals surface area contributed by atoms with E-state index in [1.165, 1.54) is 6.33 Å². The van der Waals surface area contributed by atoms with Crippen molar-refractivity contribution in [1.82, 2.24) is 9.97 Å². The topological polar surface area (TPSA) is 90.2 Å². The van der Waals surface area contributed by atoms with E-state index in [1.807, 2.05) is 19.1 Å². The Labute approximate surface area is 109 Å². The molecule has 1 aromatic heterocycles. The highest BCUT2D eigenvalue weighted by atomic mass is 16.6. The molecule has 2 aromatic rings. The second-order valence-corrected chi connectivity index (χ2v) is 3.80. The number of hydrogen-bond donors (Lipinski definition) is 1. The first kappa shape index (κ1) is 12.7. The van der Waals surface area contributed by atoms with E-state index in [0.29, 0.717) is 5.75 Å². The van der Waals surface area contributed by atoms with Crippen molar-refractivity contribution in [2.75, 3.05) is 12.4 Å². The van der Waals surface area contributed by atoms with Gasteiger partial charge in [-0.25, -0.2) is 4.98 Å². The third-order valence-electron chi connectivity index (χ3n) is 2.44. The monoisotopic (exact) mass is 260 g/mol. The summed E-state index contributed by atoms with van der Waals surface area (Å²) < 4.78 is 5.44. The molecule has 2 rings (SSSR count). The van der Waals surface area contributed by atoms with E-state index in [2.05, 4.69) is 15.3 Å². The molecule has 0 spiro atoms. The van der Waals surface area contributed by atoms with Crippen LogP contribution in [0, 0.1) is 17.0 Å². The van der Waals surface area contributed by atoms with Crippen molar-refractivity contribution in [3.8, 4) is 11.6 Å². The second kappa shape index (κ2) is 5.30. The summed E-state index contributed by atoms with van der Waals surface area (Å²) in [7, 11) is 1.55. The minimum Gasteiger partial charge on any atom is -0.434 e. The average Bonchev–Trinajstić information content (AvgIpc) is 2.40. The minimum atomic E-state index is -0.574. The van der Waals surface area contributed by atoms with Crippen molar-refractivity contribution in [1.29, 1.82) is 0 Å². The number of hydrogen-bond acceptors (Lipinski definition) is 6. The maximum atomic E-state index is 11.1. The largest absolute Gasteiger partial charge is 0.434 e. The first-order valence-electron chi connectivity index (χ1n) is 5.53. The Morgan fingerprint density at radius 1 is 1.26 bits per heavy atom. The van der Waals surface area contributed by atoms with Crippen LogP contribution in [0.25, 0.3) is 0 Å². The highest BCUT2D eigenvalue weighted by Gasteiger charge is 2.24. The number of aromatic nitrogens is 2. The van der Waals surface area contributed by atoms with E-state index in [4.69, 9.17) is 4.74 Å². The summed E-state index contributed by atoms with van der Waals surface area (Å²) in [6.07, 6.45) is 1.21. The van der Waals surface area contributed by atoms with E-state index in [1.54, 1.807) is 19.2 Å². The molecular formula is C12H12N4O3. The van der Waals surface area contributed by atoms with Crippen molar-refractivity contribution >= 4 is 11.5 Å². The van der Waals surface area contributed by atoms with E-state index in [-0.39, 0.29) is 17.4 Å². The van der Waals surface area contributed by atoms with Gasteiger partial charge in [-0.2, -0.15) is 4.98 Å². The average molecular weight is 260 g/mol. The van der Waals surface area contributed by atoms with Gasteiger partial charge < -0.3 is 10.1 Å². The Bertz CT molecular complexity index is 598. The summed E-state index contributed by atoms with van der Waals surface area (Å²) in [6, 6.07) is 7.14. The SMILES string of the molecule is CNc1ncnc(Oc2ccc(C)cc2)c1[N+](=O)[O-]. The molecule has 0 radical (unpaired) electrons. The number of nitrogens with zero attached hydrogens (tertiary/aromatic N) is 3. The van der Waals surface area contributed by atoms with Gasteiger partial charge in [-0.15, -0.1) is 0 Å². The number of aryl methyl sites for hydroxylation is 1. The molecule has 19 heavy (non-hydrogen) atoms. The van der Waals surface area contributed by atoms with Crippen molar-refractivity contribution in [3.63, 3.8) is 0 Å². The first-order valence-corrected chi connectivity index (χ1v) is 5.53. The van der Waals surface area contributed by atoms with E-state index < -0.39 is 4.92 Å². The number of rotatable bonds is 4. The number of nitro groups is 1. The van der Waals surface area contributed by atoms with E-state index >= 15 is 0 Å².